The van der Waals surface area contributed by atoms with Gasteiger partial charge >= 0.3 is 5.97 Å². The minimum atomic E-state index is -0.393. The summed E-state index contributed by atoms with van der Waals surface area (Å²) in [5.41, 5.74) is 2.08. The van der Waals surface area contributed by atoms with Crippen molar-refractivity contribution >= 4 is 22.6 Å². The first kappa shape index (κ1) is 14.3. The van der Waals surface area contributed by atoms with Crippen LogP contribution in [0.1, 0.15) is 24.8 Å². The SMILES string of the molecule is COC(=O)C1=C(C)NC(=O)CC1c1cccc2ccccc12. The normalized spacial score (nSPS) is 18.3. The van der Waals surface area contributed by atoms with Gasteiger partial charge in [-0.1, -0.05) is 42.5 Å². The molecule has 1 amide bonds. The van der Waals surface area contributed by atoms with E-state index in [1.165, 1.54) is 7.11 Å². The minimum Gasteiger partial charge on any atom is -0.466 e. The number of methoxy groups -OCH3 is 1. The standard InChI is InChI=1S/C18H17NO3/c1-11-17(18(21)22-2)15(10-16(20)19-11)14-9-5-7-12-6-3-4-8-13(12)14/h3-9,15H,10H2,1-2H3,(H,19,20). The van der Waals surface area contributed by atoms with Crippen molar-refractivity contribution in [2.75, 3.05) is 7.11 Å². The second kappa shape index (κ2) is 5.64. The first-order valence-electron chi connectivity index (χ1n) is 7.18. The molecule has 0 aliphatic carbocycles. The van der Waals surface area contributed by atoms with Gasteiger partial charge in [0.05, 0.1) is 12.7 Å². The summed E-state index contributed by atoms with van der Waals surface area (Å²) in [7, 11) is 1.36. The summed E-state index contributed by atoms with van der Waals surface area (Å²) >= 11 is 0. The van der Waals surface area contributed by atoms with Gasteiger partial charge in [0.25, 0.3) is 0 Å². The molecule has 4 nitrogen and oxygen atoms in total. The molecule has 0 bridgehead atoms. The fourth-order valence-corrected chi connectivity index (χ4v) is 3.10. The highest BCUT2D eigenvalue weighted by Crippen LogP contribution is 2.36. The lowest BCUT2D eigenvalue weighted by Crippen LogP contribution is -2.34. The van der Waals surface area contributed by atoms with Crippen molar-refractivity contribution in [1.29, 1.82) is 0 Å². The Hall–Kier alpha value is -2.62. The lowest BCUT2D eigenvalue weighted by molar-refractivity contribution is -0.136. The monoisotopic (exact) mass is 295 g/mol. The van der Waals surface area contributed by atoms with E-state index in [1.807, 2.05) is 42.5 Å². The Kier molecular flexibility index (Phi) is 3.67. The molecule has 3 rings (SSSR count). The van der Waals surface area contributed by atoms with Crippen LogP contribution < -0.4 is 5.32 Å². The summed E-state index contributed by atoms with van der Waals surface area (Å²) in [6, 6.07) is 13.9. The van der Waals surface area contributed by atoms with E-state index in [2.05, 4.69) is 5.32 Å². The summed E-state index contributed by atoms with van der Waals surface area (Å²) in [5.74, 6) is -0.758. The quantitative estimate of drug-likeness (QED) is 0.867. The molecule has 0 spiro atoms. The molecule has 0 radical (unpaired) electrons. The van der Waals surface area contributed by atoms with Gasteiger partial charge in [0.2, 0.25) is 5.91 Å². The maximum Gasteiger partial charge on any atom is 0.336 e. The molecule has 1 heterocycles. The number of amides is 1. The minimum absolute atomic E-state index is 0.0805. The molecule has 1 atom stereocenters. The number of ether oxygens (including phenoxy) is 1. The molecule has 1 unspecified atom stereocenters. The van der Waals surface area contributed by atoms with Gasteiger partial charge in [0.15, 0.2) is 0 Å². The number of hydrogen-bond acceptors (Lipinski definition) is 3. The zero-order valence-corrected chi connectivity index (χ0v) is 12.6. The third kappa shape index (κ3) is 2.37. The molecular weight excluding hydrogens is 278 g/mol. The summed E-state index contributed by atoms with van der Waals surface area (Å²) < 4.78 is 4.91. The summed E-state index contributed by atoms with van der Waals surface area (Å²) in [6.07, 6.45) is 0.246. The van der Waals surface area contributed by atoms with E-state index in [0.717, 1.165) is 16.3 Å². The Balaban J connectivity index is 2.21. The number of allylic oxidation sites excluding steroid dienone is 1. The van der Waals surface area contributed by atoms with Crippen LogP contribution in [0.5, 0.6) is 0 Å². The summed E-state index contributed by atoms with van der Waals surface area (Å²) in [4.78, 5) is 24.1. The lowest BCUT2D eigenvalue weighted by Gasteiger charge is -2.27. The van der Waals surface area contributed by atoms with Crippen LogP contribution in [-0.2, 0) is 14.3 Å². The van der Waals surface area contributed by atoms with Gasteiger partial charge in [0, 0.05) is 18.0 Å². The number of carbonyl (C=O) groups is 2. The van der Waals surface area contributed by atoms with Crippen molar-refractivity contribution < 1.29 is 14.3 Å². The molecule has 0 saturated heterocycles. The van der Waals surface area contributed by atoms with E-state index in [4.69, 9.17) is 4.74 Å². The highest BCUT2D eigenvalue weighted by atomic mass is 16.5. The van der Waals surface area contributed by atoms with E-state index >= 15 is 0 Å². The van der Waals surface area contributed by atoms with E-state index in [9.17, 15) is 9.59 Å². The van der Waals surface area contributed by atoms with E-state index < -0.39 is 5.97 Å². The predicted molar refractivity (Wildman–Crippen MR) is 84.2 cm³/mol. The van der Waals surface area contributed by atoms with Crippen LogP contribution in [0.2, 0.25) is 0 Å². The number of carbonyl (C=O) groups excluding carboxylic acids is 2. The molecule has 22 heavy (non-hydrogen) atoms. The molecule has 0 aromatic heterocycles. The van der Waals surface area contributed by atoms with Crippen molar-refractivity contribution in [3.63, 3.8) is 0 Å². The van der Waals surface area contributed by atoms with Gasteiger partial charge in [-0.3, -0.25) is 4.79 Å². The van der Waals surface area contributed by atoms with Gasteiger partial charge in [-0.2, -0.15) is 0 Å². The Morgan fingerprint density at radius 3 is 2.68 bits per heavy atom. The third-order valence-corrected chi connectivity index (χ3v) is 4.07. The molecule has 1 aliphatic rings. The molecule has 2 aromatic carbocycles. The lowest BCUT2D eigenvalue weighted by atomic mass is 9.82. The zero-order valence-electron chi connectivity index (χ0n) is 12.6. The van der Waals surface area contributed by atoms with Crippen molar-refractivity contribution in [2.45, 2.75) is 19.3 Å². The van der Waals surface area contributed by atoms with Crippen molar-refractivity contribution in [1.82, 2.24) is 5.32 Å². The first-order chi connectivity index (χ1) is 10.6. The van der Waals surface area contributed by atoms with E-state index in [-0.39, 0.29) is 18.2 Å². The molecule has 1 aliphatic heterocycles. The molecule has 0 saturated carbocycles. The third-order valence-electron chi connectivity index (χ3n) is 4.07. The second-order valence-electron chi connectivity index (χ2n) is 5.40. The van der Waals surface area contributed by atoms with Crippen LogP contribution in [0.15, 0.2) is 53.7 Å². The maximum atomic E-state index is 12.2. The average molecular weight is 295 g/mol. The molecule has 2 aromatic rings. The Morgan fingerprint density at radius 1 is 1.18 bits per heavy atom. The Bertz CT molecular complexity index is 787. The largest absolute Gasteiger partial charge is 0.466 e. The highest BCUT2D eigenvalue weighted by Gasteiger charge is 2.33. The Morgan fingerprint density at radius 2 is 1.91 bits per heavy atom. The first-order valence-corrected chi connectivity index (χ1v) is 7.18. The van der Waals surface area contributed by atoms with Gasteiger partial charge in [-0.05, 0) is 23.3 Å². The summed E-state index contributed by atoms with van der Waals surface area (Å²) in [6.45, 7) is 1.74. The highest BCUT2D eigenvalue weighted by molar-refractivity contribution is 5.98. The van der Waals surface area contributed by atoms with Gasteiger partial charge in [-0.25, -0.2) is 4.79 Å². The zero-order chi connectivity index (χ0) is 15.7. The fourth-order valence-electron chi connectivity index (χ4n) is 3.10. The number of fused-ring (bicyclic) bond motifs is 1. The number of rotatable bonds is 2. The van der Waals surface area contributed by atoms with Crippen LogP contribution in [0.25, 0.3) is 10.8 Å². The number of nitrogens with one attached hydrogen (secondary N) is 1. The topological polar surface area (TPSA) is 55.4 Å². The molecular formula is C18H17NO3. The predicted octanol–water partition coefficient (Wildman–Crippen LogP) is 2.89. The smallest absolute Gasteiger partial charge is 0.336 e. The van der Waals surface area contributed by atoms with Gasteiger partial charge in [0.1, 0.15) is 0 Å². The van der Waals surface area contributed by atoms with Crippen LogP contribution >= 0.6 is 0 Å². The van der Waals surface area contributed by atoms with E-state index in [0.29, 0.717) is 11.3 Å². The van der Waals surface area contributed by atoms with Crippen molar-refractivity contribution in [3.8, 4) is 0 Å². The molecule has 4 heteroatoms. The van der Waals surface area contributed by atoms with Crippen LogP contribution in [-0.4, -0.2) is 19.0 Å². The fraction of sp³-hybridized carbons (Fsp3) is 0.222. The second-order valence-corrected chi connectivity index (χ2v) is 5.40. The Labute approximate surface area is 128 Å². The van der Waals surface area contributed by atoms with Crippen LogP contribution in [0.3, 0.4) is 0 Å². The number of hydrogen-bond donors (Lipinski definition) is 1. The van der Waals surface area contributed by atoms with Crippen molar-refractivity contribution in [3.05, 3.63) is 59.3 Å². The number of benzene rings is 2. The average Bonchev–Trinajstić information content (AvgIpc) is 2.53. The molecule has 0 fully saturated rings. The molecule has 1 N–H and O–H groups in total. The van der Waals surface area contributed by atoms with Gasteiger partial charge < -0.3 is 10.1 Å². The van der Waals surface area contributed by atoms with Crippen molar-refractivity contribution in [2.24, 2.45) is 0 Å². The maximum absolute atomic E-state index is 12.2. The van der Waals surface area contributed by atoms with Gasteiger partial charge in [-0.15, -0.1) is 0 Å². The van der Waals surface area contributed by atoms with E-state index in [1.54, 1.807) is 6.92 Å². The number of esters is 1. The van der Waals surface area contributed by atoms with Crippen LogP contribution in [0, 0.1) is 0 Å². The summed E-state index contributed by atoms with van der Waals surface area (Å²) in [5, 5.41) is 4.88. The molecule has 112 valence electrons. The van der Waals surface area contributed by atoms with Crippen LogP contribution in [0.4, 0.5) is 0 Å².